The highest BCUT2D eigenvalue weighted by atomic mass is 32.5. The van der Waals surface area contributed by atoms with Gasteiger partial charge in [-0.05, 0) is 21.5 Å². The van der Waals surface area contributed by atoms with E-state index in [1.54, 1.807) is 6.07 Å². The molecule has 3 saturated heterocycles. The Kier molecular flexibility index (Phi) is 7.50. The molecule has 8 N–H and O–H groups in total. The van der Waals surface area contributed by atoms with Crippen molar-refractivity contribution in [1.82, 2.24) is 39.7 Å². The van der Waals surface area contributed by atoms with Crippen molar-refractivity contribution in [1.29, 1.82) is 0 Å². The summed E-state index contributed by atoms with van der Waals surface area (Å²) in [6.45, 7) is -5.08. The number of nitrogen functional groups attached to an aromatic ring is 2. The molecule has 7 heterocycles. The second-order valence-corrected chi connectivity index (χ2v) is 15.5. The number of phosphoric ester groups is 1. The molecule has 21 nitrogen and oxygen atoms in total. The van der Waals surface area contributed by atoms with Gasteiger partial charge >= 0.3 is 14.5 Å². The van der Waals surface area contributed by atoms with Crippen LogP contribution in [0.3, 0.4) is 0 Å². The maximum Gasteiger partial charge on any atom is 0.472 e. The van der Waals surface area contributed by atoms with Gasteiger partial charge in [-0.15, -0.1) is 21.5 Å². The summed E-state index contributed by atoms with van der Waals surface area (Å²) in [6, 6.07) is 1.58. The minimum atomic E-state index is -4.76. The zero-order valence-corrected chi connectivity index (χ0v) is 25.5. The highest BCUT2D eigenvalue weighted by molar-refractivity contribution is 8.07. The first-order valence-electron chi connectivity index (χ1n) is 12.8. The first-order valence-corrected chi connectivity index (χ1v) is 17.8. The highest BCUT2D eigenvalue weighted by Crippen LogP contribution is 2.56. The molecule has 0 aliphatic carbocycles. The molecule has 4 aromatic rings. The van der Waals surface area contributed by atoms with Crippen molar-refractivity contribution in [3.05, 3.63) is 28.9 Å². The summed E-state index contributed by atoms with van der Waals surface area (Å²) in [6.07, 6.45) is -2.79. The Morgan fingerprint density at radius 2 is 2.00 bits per heavy atom. The number of rotatable bonds is 2. The van der Waals surface area contributed by atoms with Gasteiger partial charge in [0.05, 0.1) is 24.6 Å². The number of aromatic nitrogens is 9. The Balaban J connectivity index is 1.19. The summed E-state index contributed by atoms with van der Waals surface area (Å²) >= 11 is 6.26. The number of aliphatic hydroxyl groups is 1. The molecule has 25 heteroatoms. The molecule has 3 aliphatic heterocycles. The van der Waals surface area contributed by atoms with Gasteiger partial charge in [0.15, 0.2) is 11.2 Å². The number of aliphatic hydroxyl groups excluding tert-OH is 1. The van der Waals surface area contributed by atoms with Gasteiger partial charge in [-0.25, -0.2) is 9.25 Å². The number of nitrogens with zero attached hydrogens (tertiary/aromatic N) is 8. The molecule has 44 heavy (non-hydrogen) atoms. The van der Waals surface area contributed by atoms with Crippen LogP contribution in [-0.2, 0) is 39.2 Å². The van der Waals surface area contributed by atoms with Gasteiger partial charge < -0.3 is 35.6 Å². The zero-order chi connectivity index (χ0) is 31.0. The van der Waals surface area contributed by atoms with Gasteiger partial charge in [-0.1, -0.05) is 10.2 Å². The molecular formula is C19H24N11O10P2S2+. The number of H-pyrrole nitrogens is 1. The van der Waals surface area contributed by atoms with E-state index in [4.69, 9.17) is 46.1 Å². The second kappa shape index (κ2) is 11.0. The number of hydrogen-bond acceptors (Lipinski definition) is 17. The summed E-state index contributed by atoms with van der Waals surface area (Å²) < 4.78 is 45.5. The lowest BCUT2D eigenvalue weighted by Crippen LogP contribution is -2.45. The molecule has 0 radical (unpaired) electrons. The number of ether oxygens (including phenoxy) is 1. The van der Waals surface area contributed by atoms with Gasteiger partial charge in [0.1, 0.15) is 35.6 Å². The topological polar surface area (TPSA) is 286 Å². The third-order valence-electron chi connectivity index (χ3n) is 7.10. The van der Waals surface area contributed by atoms with Crippen LogP contribution in [0.4, 0.5) is 11.6 Å². The maximum atomic E-state index is 13.1. The van der Waals surface area contributed by atoms with Crippen LogP contribution in [-0.4, -0.2) is 97.4 Å². The summed E-state index contributed by atoms with van der Waals surface area (Å²) in [4.78, 5) is 44.7. The zero-order valence-electron chi connectivity index (χ0n) is 22.0. The Morgan fingerprint density at radius 3 is 2.82 bits per heavy atom. The molecule has 2 unspecified atom stereocenters. The fourth-order valence-electron chi connectivity index (χ4n) is 5.12. The van der Waals surface area contributed by atoms with Crippen molar-refractivity contribution < 1.29 is 47.0 Å². The van der Waals surface area contributed by atoms with Crippen molar-refractivity contribution in [2.45, 2.75) is 47.7 Å². The van der Waals surface area contributed by atoms with Crippen LogP contribution in [0.5, 0.6) is 0 Å². The van der Waals surface area contributed by atoms with Crippen molar-refractivity contribution in [2.24, 2.45) is 0 Å². The van der Waals surface area contributed by atoms with Crippen LogP contribution < -0.4 is 21.7 Å². The molecule has 2 bridgehead atoms. The fourth-order valence-corrected chi connectivity index (χ4v) is 9.15. The average Bonchev–Trinajstić information content (AvgIpc) is 3.72. The molecule has 9 atom stereocenters. The maximum absolute atomic E-state index is 13.1. The lowest BCUT2D eigenvalue weighted by Gasteiger charge is -2.27. The highest BCUT2D eigenvalue weighted by Gasteiger charge is 2.51. The van der Waals surface area contributed by atoms with Gasteiger partial charge in [-0.2, -0.15) is 4.98 Å². The Morgan fingerprint density at radius 1 is 1.18 bits per heavy atom. The number of hydrogen-bond donors (Lipinski definition) is 6. The molecule has 3 aliphatic rings. The van der Waals surface area contributed by atoms with Crippen LogP contribution in [0.2, 0.25) is 0 Å². The van der Waals surface area contributed by atoms with E-state index in [0.717, 1.165) is 11.8 Å². The van der Waals surface area contributed by atoms with Crippen molar-refractivity contribution in [3.63, 3.8) is 0 Å². The molecule has 4 aromatic heterocycles. The van der Waals surface area contributed by atoms with Crippen LogP contribution in [0.25, 0.3) is 16.8 Å². The van der Waals surface area contributed by atoms with E-state index in [9.17, 15) is 24.3 Å². The van der Waals surface area contributed by atoms with E-state index in [2.05, 4.69) is 30.4 Å². The SMILES string of the molecule is Nc1nc2c(nnn2[C@@H]2S[C@@H]3COP(=O)(O)O[C@H]4C[C@H]([n+]5cnc6c(N)ccnn65)O[C@@H]4COP(O)(=S)O[C@@H]2[C@@H]3O)c(=O)[nH]1. The third-order valence-corrected chi connectivity index (χ3v) is 11.2. The summed E-state index contributed by atoms with van der Waals surface area (Å²) in [5, 5.41) is 21.3. The predicted octanol–water partition coefficient (Wildman–Crippen LogP) is -1.89. The van der Waals surface area contributed by atoms with Gasteiger partial charge in [-0.3, -0.25) is 23.3 Å². The number of nitrogens with one attached hydrogen (secondary N) is 1. The first kappa shape index (κ1) is 30.0. The van der Waals surface area contributed by atoms with E-state index < -0.39 is 74.6 Å². The molecule has 0 amide bonds. The van der Waals surface area contributed by atoms with Gasteiger partial charge in [0, 0.05) is 12.5 Å². The third kappa shape index (κ3) is 5.42. The Hall–Kier alpha value is -2.66. The summed E-state index contributed by atoms with van der Waals surface area (Å²) in [7, 11) is -4.76. The first-order chi connectivity index (χ1) is 20.9. The molecule has 236 valence electrons. The number of anilines is 2. The van der Waals surface area contributed by atoms with E-state index in [-0.39, 0.29) is 23.5 Å². The van der Waals surface area contributed by atoms with E-state index in [1.165, 1.54) is 26.5 Å². The average molecular weight is 693 g/mol. The standard InChI is InChI=1S/C19H23N11O10P2S2/c20-7-1-2-23-30-15(7)22-6-28(30)11-3-8-9(38-11)4-37-42(35,43)40-14-13(31)10(5-36-41(33,34)39-8)44-18(14)29-16-12(26-27-29)17(32)25-19(21)24-16/h1-2,6,8-11,13-14,18,31H,3-5H2,(H6-,20,21,23,24,25,27,32,33,34,35,43)/p+1/t8-,9+,10+,11+,13+,14+,18+,42?/m0/s1. The van der Waals surface area contributed by atoms with Crippen LogP contribution >= 0.6 is 26.3 Å². The number of phosphoric acid groups is 1. The Bertz CT molecular complexity index is 1910. The van der Waals surface area contributed by atoms with Crippen LogP contribution in [0, 0.1) is 0 Å². The minimum Gasteiger partial charge on any atom is -0.394 e. The number of aromatic amines is 1. The molecule has 7 rings (SSSR count). The molecule has 3 fully saturated rings. The molecule has 0 spiro atoms. The smallest absolute Gasteiger partial charge is 0.394 e. The van der Waals surface area contributed by atoms with Crippen LogP contribution in [0.15, 0.2) is 23.4 Å². The quantitative estimate of drug-likeness (QED) is 0.0988. The lowest BCUT2D eigenvalue weighted by atomic mass is 10.1. The largest absolute Gasteiger partial charge is 0.472 e. The molecule has 0 aromatic carbocycles. The predicted molar refractivity (Wildman–Crippen MR) is 151 cm³/mol. The van der Waals surface area contributed by atoms with E-state index in [1.807, 2.05) is 0 Å². The normalized spacial score (nSPS) is 36.6. The summed E-state index contributed by atoms with van der Waals surface area (Å²) in [5.41, 5.74) is 11.6. The number of nitrogens with two attached hydrogens (primary N) is 2. The number of thioether (sulfide) groups is 1. The van der Waals surface area contributed by atoms with Crippen molar-refractivity contribution >= 4 is 66.6 Å². The Labute approximate surface area is 254 Å². The van der Waals surface area contributed by atoms with Gasteiger partial charge in [0.2, 0.25) is 18.5 Å². The number of fused-ring (bicyclic) bond motifs is 5. The molecular weight excluding hydrogens is 668 g/mol. The molecule has 0 saturated carbocycles. The summed E-state index contributed by atoms with van der Waals surface area (Å²) in [5.74, 6) is -0.214. The van der Waals surface area contributed by atoms with Crippen LogP contribution in [0.1, 0.15) is 18.0 Å². The fraction of sp³-hybridized carbons (Fsp3) is 0.526. The van der Waals surface area contributed by atoms with Crippen molar-refractivity contribution in [2.75, 3.05) is 24.7 Å². The van der Waals surface area contributed by atoms with E-state index >= 15 is 0 Å². The van der Waals surface area contributed by atoms with Gasteiger partial charge in [0.25, 0.3) is 11.2 Å². The second-order valence-electron chi connectivity index (χ2n) is 9.94. The van der Waals surface area contributed by atoms with Crippen molar-refractivity contribution in [3.8, 4) is 0 Å². The van der Waals surface area contributed by atoms with E-state index in [0.29, 0.717) is 11.3 Å². The lowest BCUT2D eigenvalue weighted by molar-refractivity contribution is -0.820. The monoisotopic (exact) mass is 692 g/mol. The minimum absolute atomic E-state index is 0.0200.